The number of ether oxygens (including phenoxy) is 2. The molecule has 3 heterocycles. The van der Waals surface area contributed by atoms with Gasteiger partial charge in [0.15, 0.2) is 11.7 Å². The highest BCUT2D eigenvalue weighted by atomic mass is 32.1. The molecule has 2 amide bonds. The summed E-state index contributed by atoms with van der Waals surface area (Å²) in [5.74, 6) is -0.719. The smallest absolute Gasteiger partial charge is 0.350 e. The van der Waals surface area contributed by atoms with Crippen molar-refractivity contribution in [2.24, 2.45) is 0 Å². The lowest BCUT2D eigenvalue weighted by Crippen LogP contribution is -2.43. The highest BCUT2D eigenvalue weighted by Gasteiger charge is 2.28. The second kappa shape index (κ2) is 10.3. The van der Waals surface area contributed by atoms with Gasteiger partial charge in [-0.2, -0.15) is 0 Å². The van der Waals surface area contributed by atoms with Crippen LogP contribution >= 0.6 is 22.7 Å². The molecule has 1 aliphatic rings. The summed E-state index contributed by atoms with van der Waals surface area (Å²) >= 11 is 2.64. The molecule has 1 N–H and O–H groups in total. The molecule has 0 atom stereocenters. The first-order valence-electron chi connectivity index (χ1n) is 10.9. The lowest BCUT2D eigenvalue weighted by Gasteiger charge is -2.29. The number of nitrogens with one attached hydrogen (secondary N) is 1. The van der Waals surface area contributed by atoms with Crippen LogP contribution in [0.5, 0.6) is 5.75 Å². The maximum absolute atomic E-state index is 12.8. The summed E-state index contributed by atoms with van der Waals surface area (Å²) in [5, 5.41) is 5.99. The quantitative estimate of drug-likeness (QED) is 0.464. The van der Waals surface area contributed by atoms with Gasteiger partial charge in [0.2, 0.25) is 5.91 Å². The van der Waals surface area contributed by atoms with E-state index in [9.17, 15) is 14.4 Å². The Morgan fingerprint density at radius 2 is 2.09 bits per heavy atom. The average molecular weight is 501 g/mol. The number of carbonyl (C=O) groups excluding carboxylic acids is 3. The minimum Gasteiger partial charge on any atom is -0.482 e. The summed E-state index contributed by atoms with van der Waals surface area (Å²) in [6.07, 6.45) is 1.93. The first-order valence-corrected chi connectivity index (χ1v) is 12.6. The van der Waals surface area contributed by atoms with Crippen LogP contribution in [-0.4, -0.2) is 47.5 Å². The Hall–Kier alpha value is -3.31. The number of aromatic nitrogens is 2. The molecule has 0 saturated carbocycles. The Labute approximate surface area is 204 Å². The zero-order chi connectivity index (χ0) is 24.2. The zero-order valence-corrected chi connectivity index (χ0v) is 20.7. The highest BCUT2D eigenvalue weighted by molar-refractivity contribution is 7.17. The van der Waals surface area contributed by atoms with Gasteiger partial charge < -0.3 is 14.8 Å². The molecule has 0 spiro atoms. The van der Waals surface area contributed by atoms with E-state index in [0.717, 1.165) is 40.4 Å². The van der Waals surface area contributed by atoms with E-state index in [-0.39, 0.29) is 30.8 Å². The third-order valence-corrected chi connectivity index (χ3v) is 6.98. The third-order valence-electron chi connectivity index (χ3n) is 5.02. The van der Waals surface area contributed by atoms with Crippen LogP contribution in [0.3, 0.4) is 0 Å². The van der Waals surface area contributed by atoms with Gasteiger partial charge in [-0.05, 0) is 44.9 Å². The maximum atomic E-state index is 12.8. The van der Waals surface area contributed by atoms with Crippen molar-refractivity contribution in [1.82, 2.24) is 9.97 Å². The normalized spacial score (nSPS) is 12.8. The van der Waals surface area contributed by atoms with Gasteiger partial charge in [-0.3, -0.25) is 14.5 Å². The van der Waals surface area contributed by atoms with Crippen molar-refractivity contribution in [2.75, 3.05) is 30.0 Å². The van der Waals surface area contributed by atoms with Crippen molar-refractivity contribution in [3.05, 3.63) is 39.2 Å². The van der Waals surface area contributed by atoms with Crippen LogP contribution in [-0.2, 0) is 20.7 Å². The van der Waals surface area contributed by atoms with E-state index in [1.807, 2.05) is 17.5 Å². The van der Waals surface area contributed by atoms with Crippen molar-refractivity contribution in [3.63, 3.8) is 0 Å². The minimum atomic E-state index is -0.480. The van der Waals surface area contributed by atoms with Gasteiger partial charge in [-0.15, -0.1) is 11.3 Å². The van der Waals surface area contributed by atoms with E-state index >= 15 is 0 Å². The molecular weight excluding hydrogens is 476 g/mol. The predicted molar refractivity (Wildman–Crippen MR) is 131 cm³/mol. The monoisotopic (exact) mass is 500 g/mol. The van der Waals surface area contributed by atoms with Crippen molar-refractivity contribution < 1.29 is 23.9 Å². The molecule has 0 fully saturated rings. The summed E-state index contributed by atoms with van der Waals surface area (Å²) in [7, 11) is 0. The van der Waals surface area contributed by atoms with Crippen LogP contribution in [0.25, 0.3) is 11.3 Å². The molecule has 34 heavy (non-hydrogen) atoms. The number of benzene rings is 1. The number of amides is 2. The van der Waals surface area contributed by atoms with Crippen molar-refractivity contribution in [3.8, 4) is 17.0 Å². The standard InChI is InChI=1S/C23H24N4O5S2/c1-4-6-19-25-15(12-33-19)14-7-8-17-16(9-14)27(20(29)11-32-17)10-18(28)26-23-24-13(3)21(34-23)22(30)31-5-2/h7-9,12H,4-6,10-11H2,1-3H3,(H,24,26,28). The molecule has 3 aromatic rings. The summed E-state index contributed by atoms with van der Waals surface area (Å²) in [6, 6.07) is 5.50. The number of carbonyl (C=O) groups is 3. The number of aryl methyl sites for hydroxylation is 2. The van der Waals surface area contributed by atoms with Gasteiger partial charge in [0.05, 0.1) is 28.7 Å². The second-order valence-electron chi connectivity index (χ2n) is 7.53. The first kappa shape index (κ1) is 23.8. The van der Waals surface area contributed by atoms with E-state index in [1.54, 1.807) is 31.3 Å². The lowest BCUT2D eigenvalue weighted by molar-refractivity contribution is -0.123. The predicted octanol–water partition coefficient (Wildman–Crippen LogP) is 4.07. The molecule has 2 aromatic heterocycles. The number of thiazole rings is 2. The lowest BCUT2D eigenvalue weighted by atomic mass is 10.1. The fourth-order valence-corrected chi connectivity index (χ4v) is 5.23. The molecule has 1 aromatic carbocycles. The van der Waals surface area contributed by atoms with Crippen LogP contribution in [0.1, 0.15) is 40.6 Å². The summed E-state index contributed by atoms with van der Waals surface area (Å²) < 4.78 is 10.6. The van der Waals surface area contributed by atoms with E-state index in [2.05, 4.69) is 22.2 Å². The molecule has 0 radical (unpaired) electrons. The Bertz CT molecular complexity index is 1240. The molecule has 0 bridgehead atoms. The molecule has 1 aliphatic heterocycles. The topological polar surface area (TPSA) is 111 Å². The molecule has 4 rings (SSSR count). The average Bonchev–Trinajstić information content (AvgIpc) is 3.42. The summed E-state index contributed by atoms with van der Waals surface area (Å²) in [5.41, 5.74) is 2.65. The number of fused-ring (bicyclic) bond motifs is 1. The second-order valence-corrected chi connectivity index (χ2v) is 9.47. The largest absolute Gasteiger partial charge is 0.482 e. The molecule has 0 aliphatic carbocycles. The van der Waals surface area contributed by atoms with Gasteiger partial charge in [0.25, 0.3) is 5.91 Å². The van der Waals surface area contributed by atoms with E-state index in [0.29, 0.717) is 22.0 Å². The van der Waals surface area contributed by atoms with Crippen molar-refractivity contribution >= 4 is 51.3 Å². The SMILES string of the molecule is CCCc1nc(-c2ccc3c(c2)N(CC(=O)Nc2nc(C)c(C(=O)OCC)s2)C(=O)CO3)cs1. The highest BCUT2D eigenvalue weighted by Crippen LogP contribution is 2.36. The number of nitrogens with zero attached hydrogens (tertiary/aromatic N) is 3. The zero-order valence-electron chi connectivity index (χ0n) is 19.0. The van der Waals surface area contributed by atoms with Crippen molar-refractivity contribution in [1.29, 1.82) is 0 Å². The van der Waals surface area contributed by atoms with Gasteiger partial charge in [-0.1, -0.05) is 18.3 Å². The van der Waals surface area contributed by atoms with E-state index in [1.165, 1.54) is 4.90 Å². The van der Waals surface area contributed by atoms with Crippen LogP contribution in [0, 0.1) is 6.92 Å². The number of esters is 1. The molecule has 0 unspecified atom stereocenters. The van der Waals surface area contributed by atoms with Crippen LogP contribution in [0.4, 0.5) is 10.8 Å². The first-order chi connectivity index (χ1) is 16.4. The van der Waals surface area contributed by atoms with Gasteiger partial charge in [0, 0.05) is 10.9 Å². The van der Waals surface area contributed by atoms with E-state index < -0.39 is 11.9 Å². The Morgan fingerprint density at radius 3 is 2.85 bits per heavy atom. The number of rotatable bonds is 8. The third kappa shape index (κ3) is 5.10. The maximum Gasteiger partial charge on any atom is 0.350 e. The van der Waals surface area contributed by atoms with Crippen LogP contribution < -0.4 is 15.0 Å². The molecule has 11 heteroatoms. The van der Waals surface area contributed by atoms with Gasteiger partial charge in [0.1, 0.15) is 17.2 Å². The fraction of sp³-hybridized carbons (Fsp3) is 0.348. The Morgan fingerprint density at radius 1 is 1.26 bits per heavy atom. The van der Waals surface area contributed by atoms with Crippen LogP contribution in [0.2, 0.25) is 0 Å². The Kier molecular flexibility index (Phi) is 7.23. The number of hydrogen-bond donors (Lipinski definition) is 1. The molecule has 178 valence electrons. The molecular formula is C23H24N4O5S2. The summed E-state index contributed by atoms with van der Waals surface area (Å²) in [6.45, 7) is 5.38. The number of anilines is 2. The number of hydrogen-bond acceptors (Lipinski definition) is 9. The van der Waals surface area contributed by atoms with Crippen molar-refractivity contribution in [2.45, 2.75) is 33.6 Å². The van der Waals surface area contributed by atoms with Crippen LogP contribution in [0.15, 0.2) is 23.6 Å². The Balaban J connectivity index is 1.52. The van der Waals surface area contributed by atoms with E-state index in [4.69, 9.17) is 9.47 Å². The minimum absolute atomic E-state index is 0.152. The van der Waals surface area contributed by atoms with Gasteiger partial charge in [-0.25, -0.2) is 14.8 Å². The molecule has 0 saturated heterocycles. The fourth-order valence-electron chi connectivity index (χ4n) is 3.45. The molecule has 9 nitrogen and oxygen atoms in total. The van der Waals surface area contributed by atoms with Gasteiger partial charge >= 0.3 is 5.97 Å². The summed E-state index contributed by atoms with van der Waals surface area (Å²) in [4.78, 5) is 48.1.